The lowest BCUT2D eigenvalue weighted by Crippen LogP contribution is -1.98. The molecule has 0 unspecified atom stereocenters. The Morgan fingerprint density at radius 3 is 2.76 bits per heavy atom. The minimum atomic E-state index is 0.431. The van der Waals surface area contributed by atoms with Gasteiger partial charge in [-0.2, -0.15) is 0 Å². The van der Waals surface area contributed by atoms with Gasteiger partial charge in [-0.3, -0.25) is 4.79 Å². The molecule has 1 aromatic heterocycles. The van der Waals surface area contributed by atoms with Crippen molar-refractivity contribution < 1.29 is 4.79 Å². The van der Waals surface area contributed by atoms with Gasteiger partial charge in [0.25, 0.3) is 0 Å². The van der Waals surface area contributed by atoms with Crippen molar-refractivity contribution in [3.05, 3.63) is 35.0 Å². The predicted molar refractivity (Wildman–Crippen MR) is 75.5 cm³/mol. The van der Waals surface area contributed by atoms with E-state index in [0.717, 1.165) is 44.9 Å². The van der Waals surface area contributed by atoms with Crippen molar-refractivity contribution >= 4 is 17.1 Å². The topological polar surface area (TPSA) is 17.1 Å². The summed E-state index contributed by atoms with van der Waals surface area (Å²) in [7, 11) is 0. The first-order chi connectivity index (χ1) is 8.33. The molecule has 0 radical (unpaired) electrons. The van der Waals surface area contributed by atoms with Crippen LogP contribution in [0.25, 0.3) is 0 Å². The summed E-state index contributed by atoms with van der Waals surface area (Å²) in [4.78, 5) is 13.0. The second-order valence-electron chi connectivity index (χ2n) is 4.36. The molecule has 0 saturated carbocycles. The molecule has 2 heteroatoms. The second kappa shape index (κ2) is 9.17. The normalized spacial score (nSPS) is 10.4. The van der Waals surface area contributed by atoms with Crippen LogP contribution in [0.15, 0.2) is 30.2 Å². The van der Waals surface area contributed by atoms with Crippen molar-refractivity contribution in [1.82, 2.24) is 0 Å². The average molecular weight is 250 g/mol. The molecule has 1 nitrogen and oxygen atoms in total. The van der Waals surface area contributed by atoms with Crippen LogP contribution in [0.5, 0.6) is 0 Å². The SMILES string of the molecule is C=CCCCCCC(=O)CCCc1cccs1. The van der Waals surface area contributed by atoms with E-state index in [2.05, 4.69) is 24.1 Å². The Hall–Kier alpha value is -0.890. The Labute approximate surface area is 109 Å². The van der Waals surface area contributed by atoms with E-state index in [9.17, 15) is 4.79 Å². The van der Waals surface area contributed by atoms with Crippen molar-refractivity contribution in [3.8, 4) is 0 Å². The number of ketones is 1. The van der Waals surface area contributed by atoms with Gasteiger partial charge in [0.1, 0.15) is 5.78 Å². The summed E-state index contributed by atoms with van der Waals surface area (Å²) in [6.45, 7) is 3.69. The minimum Gasteiger partial charge on any atom is -0.300 e. The molecule has 0 saturated heterocycles. The number of carbonyl (C=O) groups is 1. The van der Waals surface area contributed by atoms with E-state index in [-0.39, 0.29) is 0 Å². The van der Waals surface area contributed by atoms with E-state index >= 15 is 0 Å². The van der Waals surface area contributed by atoms with Gasteiger partial charge in [-0.05, 0) is 43.6 Å². The third kappa shape index (κ3) is 7.11. The predicted octanol–water partition coefficient (Wildman–Crippen LogP) is 4.78. The van der Waals surface area contributed by atoms with Crippen LogP contribution in [-0.2, 0) is 11.2 Å². The van der Waals surface area contributed by atoms with Crippen LogP contribution in [0, 0.1) is 0 Å². The van der Waals surface area contributed by atoms with Gasteiger partial charge in [-0.1, -0.05) is 18.6 Å². The van der Waals surface area contributed by atoms with Crippen LogP contribution in [0.1, 0.15) is 49.8 Å². The molecule has 1 heterocycles. The second-order valence-corrected chi connectivity index (χ2v) is 5.39. The Morgan fingerprint density at radius 1 is 1.24 bits per heavy atom. The number of unbranched alkanes of at least 4 members (excludes halogenated alkanes) is 3. The molecule has 0 aliphatic rings. The molecule has 0 aliphatic carbocycles. The summed E-state index contributed by atoms with van der Waals surface area (Å²) in [5.41, 5.74) is 0. The maximum atomic E-state index is 11.6. The Kier molecular flexibility index (Phi) is 7.65. The first kappa shape index (κ1) is 14.2. The molecule has 0 atom stereocenters. The summed E-state index contributed by atoms with van der Waals surface area (Å²) in [5, 5.41) is 2.09. The molecule has 94 valence electrons. The summed E-state index contributed by atoms with van der Waals surface area (Å²) < 4.78 is 0. The number of carbonyl (C=O) groups excluding carboxylic acids is 1. The summed E-state index contributed by atoms with van der Waals surface area (Å²) in [6, 6.07) is 4.21. The fraction of sp³-hybridized carbons (Fsp3) is 0.533. The lowest BCUT2D eigenvalue weighted by Gasteiger charge is -2.00. The molecule has 0 N–H and O–H groups in total. The monoisotopic (exact) mass is 250 g/mol. The zero-order chi connectivity index (χ0) is 12.3. The third-order valence-electron chi connectivity index (χ3n) is 2.82. The number of aryl methyl sites for hydroxylation is 1. The van der Waals surface area contributed by atoms with Gasteiger partial charge in [0.2, 0.25) is 0 Å². The van der Waals surface area contributed by atoms with Crippen molar-refractivity contribution in [2.75, 3.05) is 0 Å². The Bertz CT molecular complexity index is 314. The number of hydrogen-bond acceptors (Lipinski definition) is 2. The molecule has 0 aliphatic heterocycles. The summed E-state index contributed by atoms with van der Waals surface area (Å²) in [5.74, 6) is 0.431. The highest BCUT2D eigenvalue weighted by atomic mass is 32.1. The lowest BCUT2D eigenvalue weighted by molar-refractivity contribution is -0.119. The summed E-state index contributed by atoms with van der Waals surface area (Å²) in [6.07, 6.45) is 9.97. The third-order valence-corrected chi connectivity index (χ3v) is 3.76. The fourth-order valence-electron chi connectivity index (χ4n) is 1.83. The van der Waals surface area contributed by atoms with Crippen molar-refractivity contribution in [2.24, 2.45) is 0 Å². The number of rotatable bonds is 10. The maximum Gasteiger partial charge on any atom is 0.132 e. The molecule has 0 fully saturated rings. The van der Waals surface area contributed by atoms with Gasteiger partial charge in [0, 0.05) is 17.7 Å². The average Bonchev–Trinajstić information content (AvgIpc) is 2.82. The molecule has 1 aromatic rings. The zero-order valence-corrected chi connectivity index (χ0v) is 11.3. The maximum absolute atomic E-state index is 11.6. The highest BCUT2D eigenvalue weighted by molar-refractivity contribution is 7.09. The van der Waals surface area contributed by atoms with E-state index in [1.54, 1.807) is 11.3 Å². The highest BCUT2D eigenvalue weighted by Crippen LogP contribution is 2.13. The Balaban J connectivity index is 1.96. The molecule has 0 spiro atoms. The summed E-state index contributed by atoms with van der Waals surface area (Å²) >= 11 is 1.78. The zero-order valence-electron chi connectivity index (χ0n) is 10.5. The van der Waals surface area contributed by atoms with Gasteiger partial charge in [0.05, 0.1) is 0 Å². The largest absolute Gasteiger partial charge is 0.300 e. The fourth-order valence-corrected chi connectivity index (χ4v) is 2.58. The standard InChI is InChI=1S/C15H22OS/c1-2-3-4-5-6-9-14(16)10-7-11-15-12-8-13-17-15/h2,8,12-13H,1,3-7,9-11H2. The molecule has 17 heavy (non-hydrogen) atoms. The molecular formula is C15H22OS. The molecule has 0 amide bonds. The van der Waals surface area contributed by atoms with Crippen molar-refractivity contribution in [2.45, 2.75) is 51.4 Å². The van der Waals surface area contributed by atoms with E-state index in [0.29, 0.717) is 5.78 Å². The number of hydrogen-bond donors (Lipinski definition) is 0. The molecular weight excluding hydrogens is 228 g/mol. The number of allylic oxidation sites excluding steroid dienone is 1. The van der Waals surface area contributed by atoms with Crippen LogP contribution in [0.3, 0.4) is 0 Å². The quantitative estimate of drug-likeness (QED) is 0.431. The lowest BCUT2D eigenvalue weighted by atomic mass is 10.1. The van der Waals surface area contributed by atoms with Gasteiger partial charge in [-0.25, -0.2) is 0 Å². The van der Waals surface area contributed by atoms with Crippen LogP contribution >= 0.6 is 11.3 Å². The van der Waals surface area contributed by atoms with Crippen LogP contribution in [-0.4, -0.2) is 5.78 Å². The van der Waals surface area contributed by atoms with Gasteiger partial charge in [0.15, 0.2) is 0 Å². The van der Waals surface area contributed by atoms with Gasteiger partial charge in [-0.15, -0.1) is 17.9 Å². The minimum absolute atomic E-state index is 0.431. The van der Waals surface area contributed by atoms with Crippen LogP contribution in [0.2, 0.25) is 0 Å². The van der Waals surface area contributed by atoms with E-state index in [4.69, 9.17) is 0 Å². The van der Waals surface area contributed by atoms with Crippen LogP contribution < -0.4 is 0 Å². The van der Waals surface area contributed by atoms with E-state index in [1.165, 1.54) is 11.3 Å². The molecule has 1 rings (SSSR count). The first-order valence-corrected chi connectivity index (χ1v) is 7.36. The van der Waals surface area contributed by atoms with Gasteiger partial charge >= 0.3 is 0 Å². The first-order valence-electron chi connectivity index (χ1n) is 6.48. The Morgan fingerprint density at radius 2 is 2.06 bits per heavy atom. The molecule has 0 aromatic carbocycles. The van der Waals surface area contributed by atoms with E-state index < -0.39 is 0 Å². The smallest absolute Gasteiger partial charge is 0.132 e. The van der Waals surface area contributed by atoms with Gasteiger partial charge < -0.3 is 0 Å². The molecule has 0 bridgehead atoms. The van der Waals surface area contributed by atoms with Crippen molar-refractivity contribution in [1.29, 1.82) is 0 Å². The number of Topliss-reactive ketones (excluding diaryl/α,β-unsaturated/α-hetero) is 1. The van der Waals surface area contributed by atoms with Crippen LogP contribution in [0.4, 0.5) is 0 Å². The van der Waals surface area contributed by atoms with E-state index in [1.807, 2.05) is 6.08 Å². The number of thiophene rings is 1. The van der Waals surface area contributed by atoms with Crippen molar-refractivity contribution in [3.63, 3.8) is 0 Å². The highest BCUT2D eigenvalue weighted by Gasteiger charge is 2.02.